The van der Waals surface area contributed by atoms with E-state index in [9.17, 15) is 0 Å². The van der Waals surface area contributed by atoms with Crippen LogP contribution in [0.2, 0.25) is 0 Å². The lowest BCUT2D eigenvalue weighted by atomic mass is 9.92. The number of hydrogen-bond acceptors (Lipinski definition) is 11. The van der Waals surface area contributed by atoms with Crippen LogP contribution in [0.4, 0.5) is 17.2 Å². The number of piperazine rings is 1. The lowest BCUT2D eigenvalue weighted by molar-refractivity contribution is 0.00210. The first-order valence-electron chi connectivity index (χ1n) is 15.9. The largest absolute Gasteiger partial charge is 0.496 e. The molecule has 238 valence electrons. The van der Waals surface area contributed by atoms with E-state index in [-0.39, 0.29) is 24.9 Å². The van der Waals surface area contributed by atoms with E-state index in [4.69, 9.17) is 25.1 Å². The number of nitrogens with two attached hydrogens (primary N) is 1. The van der Waals surface area contributed by atoms with E-state index in [1.54, 1.807) is 25.5 Å². The van der Waals surface area contributed by atoms with E-state index in [1.807, 2.05) is 42.6 Å². The van der Waals surface area contributed by atoms with Gasteiger partial charge in [0.25, 0.3) is 0 Å². The molecule has 46 heavy (non-hydrogen) atoms. The van der Waals surface area contributed by atoms with Crippen molar-refractivity contribution in [3.8, 4) is 28.6 Å². The third-order valence-electron chi connectivity index (χ3n) is 9.11. The van der Waals surface area contributed by atoms with Crippen LogP contribution in [-0.2, 0) is 0 Å². The summed E-state index contributed by atoms with van der Waals surface area (Å²) in [7, 11) is 1.67. The predicted octanol–water partition coefficient (Wildman–Crippen LogP) is 4.77. The van der Waals surface area contributed by atoms with Gasteiger partial charge in [0.2, 0.25) is 5.88 Å². The predicted molar refractivity (Wildman–Crippen MR) is 177 cm³/mol. The number of aromatic nitrogens is 4. The molecule has 2 unspecified atom stereocenters. The van der Waals surface area contributed by atoms with E-state index in [1.165, 1.54) is 0 Å². The Bertz CT molecular complexity index is 1680. The van der Waals surface area contributed by atoms with Gasteiger partial charge in [-0.05, 0) is 61.7 Å². The molecule has 6 heterocycles. The van der Waals surface area contributed by atoms with Crippen LogP contribution in [0.25, 0.3) is 17.3 Å². The number of ether oxygens (including phenoxy) is 3. The van der Waals surface area contributed by atoms with Crippen molar-refractivity contribution in [1.29, 1.82) is 0 Å². The van der Waals surface area contributed by atoms with Crippen molar-refractivity contribution in [2.45, 2.75) is 56.4 Å². The van der Waals surface area contributed by atoms with Gasteiger partial charge in [-0.3, -0.25) is 4.98 Å². The Hall–Kier alpha value is -4.90. The van der Waals surface area contributed by atoms with Crippen molar-refractivity contribution < 1.29 is 19.3 Å². The highest BCUT2D eigenvalue weighted by molar-refractivity contribution is 5.75. The molecule has 4 aliphatic rings. The number of hydrogen-bond donors (Lipinski definition) is 2. The molecule has 1 saturated carbocycles. The SMILES string of the molecule is COc1ccccc1-c1cc(N2CC3CCCC2CN3c2ccnc(O[C@H]3C[C@H](Oc4ccc(/C=C/CO)nc4)C3)c2)c(N)nn1. The molecule has 3 aliphatic heterocycles. The maximum absolute atomic E-state index is 8.93. The molecule has 8 rings (SSSR count). The highest BCUT2D eigenvalue weighted by atomic mass is 16.5. The summed E-state index contributed by atoms with van der Waals surface area (Å²) >= 11 is 0. The first-order chi connectivity index (χ1) is 22.6. The fraction of sp³-hybridized carbons (Fsp3) is 0.371. The smallest absolute Gasteiger partial charge is 0.215 e. The van der Waals surface area contributed by atoms with Crippen LogP contribution in [0.5, 0.6) is 17.4 Å². The summed E-state index contributed by atoms with van der Waals surface area (Å²) < 4.78 is 17.9. The monoisotopic (exact) mass is 621 g/mol. The quantitative estimate of drug-likeness (QED) is 0.254. The first-order valence-corrected chi connectivity index (χ1v) is 15.9. The minimum Gasteiger partial charge on any atom is -0.496 e. The molecule has 2 atom stereocenters. The second-order valence-electron chi connectivity index (χ2n) is 12.1. The summed E-state index contributed by atoms with van der Waals surface area (Å²) in [6.07, 6.45) is 12.0. The van der Waals surface area contributed by atoms with Crippen LogP contribution in [0, 0.1) is 0 Å². The zero-order chi connectivity index (χ0) is 31.5. The van der Waals surface area contributed by atoms with Crippen LogP contribution >= 0.6 is 0 Å². The van der Waals surface area contributed by atoms with Gasteiger partial charge in [-0.25, -0.2) is 4.98 Å². The molecule has 3 saturated heterocycles. The molecule has 4 fully saturated rings. The maximum atomic E-state index is 8.93. The van der Waals surface area contributed by atoms with Gasteiger partial charge in [0.1, 0.15) is 23.7 Å². The minimum absolute atomic E-state index is 0.00833. The van der Waals surface area contributed by atoms with Crippen LogP contribution in [0.3, 0.4) is 0 Å². The van der Waals surface area contributed by atoms with Gasteiger partial charge >= 0.3 is 0 Å². The average molecular weight is 622 g/mol. The van der Waals surface area contributed by atoms with Crippen LogP contribution in [-0.4, -0.2) is 76.4 Å². The van der Waals surface area contributed by atoms with Crippen molar-refractivity contribution in [3.63, 3.8) is 0 Å². The van der Waals surface area contributed by atoms with Crippen LogP contribution in [0.1, 0.15) is 37.8 Å². The van der Waals surface area contributed by atoms with Crippen molar-refractivity contribution in [2.75, 3.05) is 42.3 Å². The standard InChI is InChI=1S/C35H39N7O4/c1-44-33-10-3-2-9-30(33)31-19-32(35(36)40-39-31)42-22-25-7-4-8-26(42)21-41(25)24-13-14-37-34(16-24)46-29-17-28(18-29)45-27-12-11-23(38-20-27)6-5-15-43/h2-3,5-6,9-14,16,19-20,25-26,28-29,43H,4,7-8,15,17-18,21-22H2,1H3,(H2,36,40)/b6-5+/t25?,26?,28-,29-. The average Bonchev–Trinajstić information content (AvgIpc) is 3.42. The van der Waals surface area contributed by atoms with E-state index >= 15 is 0 Å². The molecule has 3 aromatic heterocycles. The molecule has 4 aromatic rings. The van der Waals surface area contributed by atoms with Gasteiger partial charge < -0.3 is 34.9 Å². The summed E-state index contributed by atoms with van der Waals surface area (Å²) in [6.45, 7) is 1.72. The highest BCUT2D eigenvalue weighted by Crippen LogP contribution is 2.39. The Morgan fingerprint density at radius 2 is 1.74 bits per heavy atom. The number of para-hydroxylation sites is 1. The molecule has 0 radical (unpaired) electrons. The fourth-order valence-corrected chi connectivity index (χ4v) is 6.70. The maximum Gasteiger partial charge on any atom is 0.215 e. The molecule has 1 aliphatic carbocycles. The summed E-state index contributed by atoms with van der Waals surface area (Å²) in [5.41, 5.74) is 10.9. The molecule has 0 spiro atoms. The zero-order valence-corrected chi connectivity index (χ0v) is 25.9. The third-order valence-corrected chi connectivity index (χ3v) is 9.11. The normalized spacial score (nSPS) is 22.4. The molecule has 11 nitrogen and oxygen atoms in total. The van der Waals surface area contributed by atoms with E-state index in [0.717, 1.165) is 85.0 Å². The van der Waals surface area contributed by atoms with Gasteiger partial charge in [0.05, 0.1) is 37.0 Å². The Morgan fingerprint density at radius 1 is 0.935 bits per heavy atom. The van der Waals surface area contributed by atoms with Crippen molar-refractivity contribution in [1.82, 2.24) is 20.2 Å². The topological polar surface area (TPSA) is 132 Å². The summed E-state index contributed by atoms with van der Waals surface area (Å²) in [4.78, 5) is 13.8. The van der Waals surface area contributed by atoms with Gasteiger partial charge in [-0.2, -0.15) is 0 Å². The molecular formula is C35H39N7O4. The van der Waals surface area contributed by atoms with Crippen molar-refractivity contribution in [2.24, 2.45) is 0 Å². The lowest BCUT2D eigenvalue weighted by Crippen LogP contribution is -2.57. The molecule has 2 bridgehead atoms. The highest BCUT2D eigenvalue weighted by Gasteiger charge is 2.38. The lowest BCUT2D eigenvalue weighted by Gasteiger charge is -2.46. The second kappa shape index (κ2) is 13.2. The van der Waals surface area contributed by atoms with E-state index in [2.05, 4.69) is 48.2 Å². The minimum atomic E-state index is -0.00833. The number of pyridine rings is 2. The van der Waals surface area contributed by atoms with Crippen LogP contribution in [0.15, 0.2) is 73.1 Å². The molecule has 0 amide bonds. The Balaban J connectivity index is 0.997. The third kappa shape index (κ3) is 6.28. The van der Waals surface area contributed by atoms with E-state index in [0.29, 0.717) is 17.7 Å². The van der Waals surface area contributed by atoms with Gasteiger partial charge in [-0.1, -0.05) is 18.2 Å². The molecule has 1 aromatic carbocycles. The first kappa shape index (κ1) is 29.8. The van der Waals surface area contributed by atoms with Crippen molar-refractivity contribution >= 4 is 23.3 Å². The summed E-state index contributed by atoms with van der Waals surface area (Å²) in [6, 6.07) is 18.4. The molecular weight excluding hydrogens is 582 g/mol. The fourth-order valence-electron chi connectivity index (χ4n) is 6.70. The number of rotatable bonds is 10. The van der Waals surface area contributed by atoms with Crippen molar-refractivity contribution in [3.05, 3.63) is 78.8 Å². The number of methoxy groups -OCH3 is 1. The van der Waals surface area contributed by atoms with E-state index < -0.39 is 0 Å². The zero-order valence-electron chi connectivity index (χ0n) is 25.9. The number of fused-ring (bicyclic) bond motifs is 4. The number of aliphatic hydroxyl groups is 1. The Kier molecular flexibility index (Phi) is 8.56. The summed E-state index contributed by atoms with van der Waals surface area (Å²) in [5.74, 6) is 2.58. The van der Waals surface area contributed by atoms with Crippen LogP contribution < -0.4 is 29.7 Å². The number of nitrogens with zero attached hydrogens (tertiary/aromatic N) is 6. The Morgan fingerprint density at radius 3 is 2.54 bits per heavy atom. The Labute approximate surface area is 268 Å². The summed E-state index contributed by atoms with van der Waals surface area (Å²) in [5, 5.41) is 17.7. The molecule has 11 heteroatoms. The number of anilines is 3. The second-order valence-corrected chi connectivity index (χ2v) is 12.1. The van der Waals surface area contributed by atoms with Gasteiger partial charge in [-0.15, -0.1) is 10.2 Å². The van der Waals surface area contributed by atoms with Gasteiger partial charge in [0.15, 0.2) is 5.82 Å². The number of benzene rings is 1. The molecule has 3 N–H and O–H groups in total. The number of nitrogen functional groups attached to an aromatic ring is 1. The number of aliphatic hydroxyl groups excluding tert-OH is 1. The van der Waals surface area contributed by atoms with Gasteiger partial charge in [0, 0.05) is 61.5 Å².